The van der Waals surface area contributed by atoms with Crippen molar-refractivity contribution in [1.82, 2.24) is 0 Å². The molecule has 4 heteroatoms. The average Bonchev–Trinajstić information content (AvgIpc) is 2.55. The van der Waals surface area contributed by atoms with Gasteiger partial charge in [-0.15, -0.1) is 0 Å². The second-order valence-electron chi connectivity index (χ2n) is 4.16. The van der Waals surface area contributed by atoms with E-state index in [1.54, 1.807) is 30.3 Å². The summed E-state index contributed by atoms with van der Waals surface area (Å²) in [5, 5.41) is 9.12. The molecule has 3 rings (SSSR count). The largest absolute Gasteiger partial charge is 0.508 e. The van der Waals surface area contributed by atoms with E-state index in [1.165, 1.54) is 18.4 Å². The van der Waals surface area contributed by atoms with Gasteiger partial charge >= 0.3 is 0 Å². The summed E-state index contributed by atoms with van der Waals surface area (Å²) in [6.07, 6.45) is 1.37. The van der Waals surface area contributed by atoms with Crippen LogP contribution in [0.5, 0.6) is 11.5 Å². The van der Waals surface area contributed by atoms with Crippen LogP contribution in [0.25, 0.3) is 22.1 Å². The lowest BCUT2D eigenvalue weighted by Crippen LogP contribution is -2.04. The summed E-state index contributed by atoms with van der Waals surface area (Å²) in [5.74, 6) is 0.691. The zero-order chi connectivity index (χ0) is 14.8. The third-order valence-electron chi connectivity index (χ3n) is 2.91. The molecule has 0 fully saturated rings. The van der Waals surface area contributed by atoms with E-state index in [1.807, 2.05) is 0 Å². The van der Waals surface area contributed by atoms with E-state index in [9.17, 15) is 4.79 Å². The molecule has 0 spiro atoms. The Morgan fingerprint density at radius 3 is 2.47 bits per heavy atom. The first kappa shape index (κ1) is 9.22. The highest BCUT2D eigenvalue weighted by Gasteiger charge is 2.09. The van der Waals surface area contributed by atoms with Crippen molar-refractivity contribution in [3.8, 4) is 22.6 Å². The second kappa shape index (κ2) is 4.17. The molecule has 94 valence electrons. The van der Waals surface area contributed by atoms with Crippen molar-refractivity contribution in [1.29, 1.82) is 2.86 Å². The Kier molecular flexibility index (Phi) is 2.02. The fourth-order valence-corrected chi connectivity index (χ4v) is 1.94. The number of rotatable bonds is 3. The lowest BCUT2D eigenvalue weighted by Gasteiger charge is -2.03. The summed E-state index contributed by atoms with van der Waals surface area (Å²) in [4.78, 5) is 12.5. The van der Waals surface area contributed by atoms with Gasteiger partial charge < -0.3 is 14.6 Å². The minimum absolute atomic E-state index is 0.174. The zero-order valence-electron chi connectivity index (χ0n) is 11.8. The molecule has 0 amide bonds. The maximum Gasteiger partial charge on any atom is 0.293 e. The molecule has 0 saturated heterocycles. The zero-order valence-corrected chi connectivity index (χ0v) is 9.75. The monoisotopic (exact) mass is 256 g/mol. The number of aromatic hydroxyl groups is 2. The highest BCUT2D eigenvalue weighted by molar-refractivity contribution is 5.82. The van der Waals surface area contributed by atoms with E-state index in [0.717, 1.165) is 0 Å². The van der Waals surface area contributed by atoms with Crippen molar-refractivity contribution in [3.05, 3.63) is 59.0 Å². The number of fused-ring (bicyclic) bond motifs is 1. The fourth-order valence-electron chi connectivity index (χ4n) is 1.94. The van der Waals surface area contributed by atoms with Crippen LogP contribution >= 0.6 is 0 Å². The molecule has 2 N–H and O–H groups in total. The Morgan fingerprint density at radius 1 is 1.00 bits per heavy atom. The van der Waals surface area contributed by atoms with Crippen LogP contribution in [0.4, 0.5) is 0 Å². The number of hydrogen-bond donors (Lipinski definition) is 2. The van der Waals surface area contributed by atoms with Gasteiger partial charge in [-0.2, -0.15) is 0 Å². The summed E-state index contributed by atoms with van der Waals surface area (Å²) in [7, 11) is 0. The number of benzene rings is 2. The summed E-state index contributed by atoms with van der Waals surface area (Å²) in [6, 6.07) is 11.2. The number of phenols is 2. The number of phenolic OH excluding ortho intramolecular Hbond substituents is 2. The first-order chi connectivity index (χ1) is 10.2. The standard InChI is InChI=1S/C15H10O4/c16-10-3-1-9(2-4-10)13-8-19-14-7-11(17)5-6-12(14)15(13)18/h1-8,16-17H/i/hD2. The van der Waals surface area contributed by atoms with E-state index in [2.05, 4.69) is 10.2 Å². The molecule has 0 aliphatic rings. The second-order valence-corrected chi connectivity index (χ2v) is 4.16. The number of hydrogen-bond acceptors (Lipinski definition) is 4. The minimum atomic E-state index is -0.174. The highest BCUT2D eigenvalue weighted by atomic mass is 16.3. The molecular weight excluding hydrogens is 244 g/mol. The van der Waals surface area contributed by atoms with Crippen LogP contribution in [0, 0.1) is 0 Å². The minimum Gasteiger partial charge on any atom is -0.508 e. The van der Waals surface area contributed by atoms with Gasteiger partial charge in [0.1, 0.15) is 23.3 Å². The molecular formula is C15H10O4. The van der Waals surface area contributed by atoms with Crippen molar-refractivity contribution in [2.24, 2.45) is 0 Å². The smallest absolute Gasteiger partial charge is 0.293 e. The van der Waals surface area contributed by atoms with Crippen molar-refractivity contribution < 1.29 is 14.6 Å². The fraction of sp³-hybridized carbons (Fsp3) is 0. The Balaban J connectivity index is 2.15. The normalized spacial score (nSPS) is 11.8. The van der Waals surface area contributed by atoms with Crippen molar-refractivity contribution in [2.75, 3.05) is 0 Å². The molecule has 2 aromatic carbocycles. The van der Waals surface area contributed by atoms with Crippen molar-refractivity contribution >= 4 is 11.0 Å². The van der Waals surface area contributed by atoms with Crippen LogP contribution in [0.15, 0.2) is 57.9 Å². The molecule has 0 aliphatic carbocycles. The lowest BCUT2D eigenvalue weighted by atomic mass is 10.1. The van der Waals surface area contributed by atoms with Gasteiger partial charge in [0.15, 0.2) is 5.43 Å². The van der Waals surface area contributed by atoms with Crippen LogP contribution in [0.1, 0.15) is 0 Å². The lowest BCUT2D eigenvalue weighted by molar-refractivity contribution is 0.473. The topological polar surface area (TPSA) is 70.7 Å². The van der Waals surface area contributed by atoms with Crippen molar-refractivity contribution in [2.45, 2.75) is 0 Å². The maximum absolute atomic E-state index is 12.5. The highest BCUT2D eigenvalue weighted by Crippen LogP contribution is 2.23. The molecule has 4 nitrogen and oxygen atoms in total. The maximum atomic E-state index is 12.5. The van der Waals surface area contributed by atoms with Crippen LogP contribution in [-0.2, 0) is 0 Å². The molecule has 0 aliphatic heterocycles. The van der Waals surface area contributed by atoms with Gasteiger partial charge in [0.05, 0.1) is 10.9 Å². The molecule has 0 radical (unpaired) electrons. The average molecular weight is 256 g/mol. The molecule has 0 bridgehead atoms. The molecule has 3 aromatic rings. The Hall–Kier alpha value is -2.75. The Bertz CT molecular complexity index is 840. The van der Waals surface area contributed by atoms with Gasteiger partial charge in [-0.3, -0.25) is 4.79 Å². The molecule has 0 atom stereocenters. The van der Waals surface area contributed by atoms with E-state index in [4.69, 9.17) is 7.28 Å². The quantitative estimate of drug-likeness (QED) is 0.755. The summed E-state index contributed by atoms with van der Waals surface area (Å²) < 4.78 is 19.1. The molecule has 0 unspecified atom stereocenters. The van der Waals surface area contributed by atoms with Gasteiger partial charge in [0.2, 0.25) is 0 Å². The molecule has 19 heavy (non-hydrogen) atoms. The van der Waals surface area contributed by atoms with Gasteiger partial charge in [-0.05, 0) is 29.8 Å². The SMILES string of the molecule is [2H]Oc1ccc(-c2coc3cc(O[2H])ccc3c2=O)cc1. The van der Waals surface area contributed by atoms with E-state index < -0.39 is 0 Å². The predicted octanol–water partition coefficient (Wildman–Crippen LogP) is 2.87. The van der Waals surface area contributed by atoms with Crippen LogP contribution in [0.3, 0.4) is 0 Å². The van der Waals surface area contributed by atoms with E-state index in [-0.39, 0.29) is 5.43 Å². The van der Waals surface area contributed by atoms with Gasteiger partial charge in [-0.25, -0.2) is 0 Å². The van der Waals surface area contributed by atoms with Crippen LogP contribution in [0.2, 0.25) is 0 Å². The summed E-state index contributed by atoms with van der Waals surface area (Å²) in [6.45, 7) is 0. The van der Waals surface area contributed by atoms with Gasteiger partial charge in [-0.1, -0.05) is 12.1 Å². The van der Waals surface area contributed by atoms with E-state index in [0.29, 0.717) is 33.6 Å². The Morgan fingerprint density at radius 2 is 1.74 bits per heavy atom. The first-order valence-electron chi connectivity index (χ1n) is 6.47. The van der Waals surface area contributed by atoms with Gasteiger partial charge in [0, 0.05) is 6.07 Å². The third kappa shape index (κ3) is 1.93. The van der Waals surface area contributed by atoms with Crippen LogP contribution < -0.4 is 5.43 Å². The van der Waals surface area contributed by atoms with Crippen LogP contribution in [-0.4, -0.2) is 13.1 Å². The van der Waals surface area contributed by atoms with Gasteiger partial charge in [0.25, 0.3) is 2.86 Å². The Labute approximate surface area is 111 Å². The van der Waals surface area contributed by atoms with E-state index >= 15 is 0 Å². The predicted molar refractivity (Wildman–Crippen MR) is 71.2 cm³/mol. The first-order valence-corrected chi connectivity index (χ1v) is 5.65. The summed E-state index contributed by atoms with van der Waals surface area (Å²) in [5.41, 5.74) is 1.28. The third-order valence-corrected chi connectivity index (χ3v) is 2.91. The molecule has 1 heterocycles. The van der Waals surface area contributed by atoms with Crippen molar-refractivity contribution in [3.63, 3.8) is 0 Å². The molecule has 1 aromatic heterocycles. The summed E-state index contributed by atoms with van der Waals surface area (Å²) >= 11 is 0. The molecule has 0 saturated carbocycles.